The number of aromatic nitrogens is 2. The molecule has 1 aliphatic heterocycles. The molecule has 1 aromatic rings. The van der Waals surface area contributed by atoms with Crippen LogP contribution >= 0.6 is 0 Å². The molecule has 1 atom stereocenters. The molecule has 0 aromatic carbocycles. The van der Waals surface area contributed by atoms with Gasteiger partial charge in [0.05, 0.1) is 24.8 Å². The average Bonchev–Trinajstić information content (AvgIpc) is 2.60. The minimum absolute atomic E-state index is 0.109. The van der Waals surface area contributed by atoms with E-state index in [9.17, 15) is 4.79 Å². The lowest BCUT2D eigenvalue weighted by Crippen LogP contribution is -2.46. The molecule has 0 aliphatic carbocycles. The Balaban J connectivity index is 2.10. The summed E-state index contributed by atoms with van der Waals surface area (Å²) in [6.07, 6.45) is 1.51. The second-order valence-corrected chi connectivity index (χ2v) is 5.46. The lowest BCUT2D eigenvalue weighted by molar-refractivity contribution is 0.00907. The predicted molar refractivity (Wildman–Crippen MR) is 63.5 cm³/mol. The standard InChI is InChI=1S/C12H19N3O2/c1-9-7-15-10(5-6-13-15)8-14(9)11(16)17-12(2,3)4/h5-6,9H,7-8H2,1-4H3/t9-/m1/s1. The normalized spacial score (nSPS) is 20.0. The highest BCUT2D eigenvalue weighted by Crippen LogP contribution is 2.19. The lowest BCUT2D eigenvalue weighted by atomic mass is 10.2. The van der Waals surface area contributed by atoms with Crippen LogP contribution in [0.4, 0.5) is 4.79 Å². The molecule has 0 unspecified atom stereocenters. The Morgan fingerprint density at radius 1 is 1.53 bits per heavy atom. The summed E-state index contributed by atoms with van der Waals surface area (Å²) < 4.78 is 7.33. The number of nitrogens with zero attached hydrogens (tertiary/aromatic N) is 3. The minimum Gasteiger partial charge on any atom is -0.444 e. The second-order valence-electron chi connectivity index (χ2n) is 5.46. The van der Waals surface area contributed by atoms with Crippen molar-refractivity contribution in [2.75, 3.05) is 0 Å². The molecule has 1 aliphatic rings. The van der Waals surface area contributed by atoms with Crippen molar-refractivity contribution >= 4 is 6.09 Å². The molecule has 1 aromatic heterocycles. The summed E-state index contributed by atoms with van der Waals surface area (Å²) in [6.45, 7) is 8.93. The summed E-state index contributed by atoms with van der Waals surface area (Å²) in [5.41, 5.74) is 0.600. The molecule has 5 heteroatoms. The molecule has 0 spiro atoms. The lowest BCUT2D eigenvalue weighted by Gasteiger charge is -2.35. The van der Waals surface area contributed by atoms with E-state index in [1.165, 1.54) is 0 Å². The molecule has 0 saturated carbocycles. The molecule has 94 valence electrons. The number of fused-ring (bicyclic) bond motifs is 1. The average molecular weight is 237 g/mol. The Morgan fingerprint density at radius 2 is 2.24 bits per heavy atom. The number of carbonyl (C=O) groups is 1. The van der Waals surface area contributed by atoms with Crippen LogP contribution in [-0.2, 0) is 17.8 Å². The largest absolute Gasteiger partial charge is 0.444 e. The Kier molecular flexibility index (Phi) is 2.85. The van der Waals surface area contributed by atoms with Gasteiger partial charge in [-0.2, -0.15) is 5.10 Å². The van der Waals surface area contributed by atoms with Crippen molar-refractivity contribution in [3.63, 3.8) is 0 Å². The van der Waals surface area contributed by atoms with Crippen molar-refractivity contribution in [3.05, 3.63) is 18.0 Å². The fraction of sp³-hybridized carbons (Fsp3) is 0.667. The molecule has 2 heterocycles. The number of hydrogen-bond donors (Lipinski definition) is 0. The van der Waals surface area contributed by atoms with Crippen molar-refractivity contribution < 1.29 is 9.53 Å². The van der Waals surface area contributed by atoms with Crippen LogP contribution in [0.25, 0.3) is 0 Å². The van der Waals surface area contributed by atoms with Crippen LogP contribution < -0.4 is 0 Å². The van der Waals surface area contributed by atoms with Gasteiger partial charge in [-0.1, -0.05) is 0 Å². The Bertz CT molecular complexity index is 420. The minimum atomic E-state index is -0.450. The van der Waals surface area contributed by atoms with E-state index in [1.807, 2.05) is 38.4 Å². The molecule has 0 saturated heterocycles. The van der Waals surface area contributed by atoms with Gasteiger partial charge < -0.3 is 4.74 Å². The number of carbonyl (C=O) groups excluding carboxylic acids is 1. The first-order valence-corrected chi connectivity index (χ1v) is 5.87. The van der Waals surface area contributed by atoms with Gasteiger partial charge in [-0.15, -0.1) is 0 Å². The maximum Gasteiger partial charge on any atom is 0.410 e. The zero-order valence-electron chi connectivity index (χ0n) is 10.8. The van der Waals surface area contributed by atoms with E-state index in [2.05, 4.69) is 5.10 Å². The Labute approximate surface area is 101 Å². The van der Waals surface area contributed by atoms with Crippen LogP contribution in [0.2, 0.25) is 0 Å². The van der Waals surface area contributed by atoms with Gasteiger partial charge in [-0.3, -0.25) is 9.58 Å². The molecule has 0 radical (unpaired) electrons. The fourth-order valence-corrected chi connectivity index (χ4v) is 1.90. The van der Waals surface area contributed by atoms with E-state index in [4.69, 9.17) is 4.74 Å². The van der Waals surface area contributed by atoms with E-state index >= 15 is 0 Å². The first kappa shape index (κ1) is 12.0. The number of hydrogen-bond acceptors (Lipinski definition) is 3. The SMILES string of the molecule is C[C@@H]1Cn2nccc2CN1C(=O)OC(C)(C)C. The summed E-state index contributed by atoms with van der Waals surface area (Å²) in [4.78, 5) is 13.8. The van der Waals surface area contributed by atoms with Crippen LogP contribution in [0, 0.1) is 0 Å². The van der Waals surface area contributed by atoms with E-state index in [0.29, 0.717) is 6.54 Å². The predicted octanol–water partition coefficient (Wildman–Crippen LogP) is 2.02. The van der Waals surface area contributed by atoms with Crippen LogP contribution in [-0.4, -0.2) is 32.4 Å². The molecular formula is C12H19N3O2. The molecule has 0 fully saturated rings. The fourth-order valence-electron chi connectivity index (χ4n) is 1.90. The monoisotopic (exact) mass is 237 g/mol. The molecule has 5 nitrogen and oxygen atoms in total. The van der Waals surface area contributed by atoms with Crippen LogP contribution in [0.5, 0.6) is 0 Å². The van der Waals surface area contributed by atoms with E-state index < -0.39 is 5.60 Å². The van der Waals surface area contributed by atoms with Gasteiger partial charge >= 0.3 is 6.09 Å². The topological polar surface area (TPSA) is 47.4 Å². The third-order valence-electron chi connectivity index (χ3n) is 2.73. The maximum atomic E-state index is 12.0. The number of rotatable bonds is 0. The highest BCUT2D eigenvalue weighted by atomic mass is 16.6. The van der Waals surface area contributed by atoms with Gasteiger partial charge in [0.15, 0.2) is 0 Å². The number of amides is 1. The summed E-state index contributed by atoms with van der Waals surface area (Å²) in [6, 6.07) is 2.04. The smallest absolute Gasteiger partial charge is 0.410 e. The number of ether oxygens (including phenoxy) is 1. The van der Waals surface area contributed by atoms with Gasteiger partial charge in [0.25, 0.3) is 0 Å². The Morgan fingerprint density at radius 3 is 2.88 bits per heavy atom. The van der Waals surface area contributed by atoms with Crippen LogP contribution in [0.15, 0.2) is 12.3 Å². The van der Waals surface area contributed by atoms with Crippen molar-refractivity contribution in [2.45, 2.75) is 52.4 Å². The molecule has 1 amide bonds. The van der Waals surface area contributed by atoms with Crippen molar-refractivity contribution in [3.8, 4) is 0 Å². The second kappa shape index (κ2) is 4.05. The van der Waals surface area contributed by atoms with Crippen molar-refractivity contribution in [2.24, 2.45) is 0 Å². The first-order valence-electron chi connectivity index (χ1n) is 5.87. The summed E-state index contributed by atoms with van der Waals surface area (Å²) >= 11 is 0. The zero-order chi connectivity index (χ0) is 12.6. The molecular weight excluding hydrogens is 218 g/mol. The van der Waals surface area contributed by atoms with E-state index in [-0.39, 0.29) is 12.1 Å². The summed E-state index contributed by atoms with van der Waals surface area (Å²) in [5, 5.41) is 4.21. The van der Waals surface area contributed by atoms with E-state index in [1.54, 1.807) is 11.1 Å². The Hall–Kier alpha value is -1.52. The molecule has 2 rings (SSSR count). The van der Waals surface area contributed by atoms with Gasteiger partial charge in [0.2, 0.25) is 0 Å². The molecule has 17 heavy (non-hydrogen) atoms. The quantitative estimate of drug-likeness (QED) is 0.693. The van der Waals surface area contributed by atoms with Crippen molar-refractivity contribution in [1.82, 2.24) is 14.7 Å². The van der Waals surface area contributed by atoms with E-state index in [0.717, 1.165) is 12.2 Å². The van der Waals surface area contributed by atoms with Gasteiger partial charge in [-0.05, 0) is 33.8 Å². The summed E-state index contributed by atoms with van der Waals surface area (Å²) in [5.74, 6) is 0. The van der Waals surface area contributed by atoms with Crippen LogP contribution in [0.1, 0.15) is 33.4 Å². The summed E-state index contributed by atoms with van der Waals surface area (Å²) in [7, 11) is 0. The van der Waals surface area contributed by atoms with Gasteiger partial charge in [-0.25, -0.2) is 4.79 Å². The first-order chi connectivity index (χ1) is 7.87. The van der Waals surface area contributed by atoms with Gasteiger partial charge in [0.1, 0.15) is 5.60 Å². The van der Waals surface area contributed by atoms with Gasteiger partial charge in [0, 0.05) is 6.20 Å². The van der Waals surface area contributed by atoms with Crippen LogP contribution in [0.3, 0.4) is 0 Å². The van der Waals surface area contributed by atoms with Crippen molar-refractivity contribution in [1.29, 1.82) is 0 Å². The third kappa shape index (κ3) is 2.60. The highest BCUT2D eigenvalue weighted by Gasteiger charge is 2.30. The third-order valence-corrected chi connectivity index (χ3v) is 2.73. The maximum absolute atomic E-state index is 12.0. The molecule has 0 bridgehead atoms. The highest BCUT2D eigenvalue weighted by molar-refractivity contribution is 5.68. The molecule has 0 N–H and O–H groups in total. The zero-order valence-corrected chi connectivity index (χ0v) is 10.8.